The predicted molar refractivity (Wildman–Crippen MR) is 97.1 cm³/mol. The van der Waals surface area contributed by atoms with Gasteiger partial charge in [0.1, 0.15) is 12.4 Å². The number of hydrogen-bond donors (Lipinski definition) is 2. The number of benzene rings is 2. The molecule has 2 amide bonds. The Kier molecular flexibility index (Phi) is 4.94. The van der Waals surface area contributed by atoms with Crippen LogP contribution >= 0.6 is 0 Å². The molecule has 0 aliphatic rings. The zero-order chi connectivity index (χ0) is 18.5. The number of hydrogen-bond acceptors (Lipinski definition) is 3. The average molecular weight is 350 g/mol. The maximum Gasteiger partial charge on any atom is 0.319 e. The molecular formula is C19H15FN4O2. The first-order valence-electron chi connectivity index (χ1n) is 7.81. The third-order valence-electron chi connectivity index (χ3n) is 3.72. The lowest BCUT2D eigenvalue weighted by molar-refractivity contribution is 0.251. The van der Waals surface area contributed by atoms with Gasteiger partial charge in [0.05, 0.1) is 23.3 Å². The summed E-state index contributed by atoms with van der Waals surface area (Å²) in [7, 11) is 0. The van der Waals surface area contributed by atoms with Crippen LogP contribution in [0.25, 0.3) is 10.8 Å². The van der Waals surface area contributed by atoms with Crippen LogP contribution in [-0.2, 0) is 13.1 Å². The molecule has 0 bridgehead atoms. The third kappa shape index (κ3) is 3.54. The largest absolute Gasteiger partial charge is 0.332 e. The lowest BCUT2D eigenvalue weighted by Crippen LogP contribution is -2.31. The normalized spacial score (nSPS) is 10.3. The molecule has 7 heteroatoms. The number of rotatable bonds is 4. The van der Waals surface area contributed by atoms with Crippen molar-refractivity contribution in [3.8, 4) is 12.3 Å². The molecule has 0 atom stereocenters. The standard InChI is InChI=1S/C19H15FN4O2/c1-2-11-24-18(25)14-8-4-3-7-13(14)17(23-24)12-21-19(26)22-16-10-6-5-9-15(16)20/h1,3-10H,11-12H2,(H2,21,22,26). The molecule has 0 aliphatic heterocycles. The van der Waals surface area contributed by atoms with Gasteiger partial charge in [-0.2, -0.15) is 5.10 Å². The number of nitrogens with zero attached hydrogens (tertiary/aromatic N) is 2. The minimum Gasteiger partial charge on any atom is -0.332 e. The zero-order valence-electron chi connectivity index (χ0n) is 13.7. The lowest BCUT2D eigenvalue weighted by atomic mass is 10.1. The van der Waals surface area contributed by atoms with Crippen LogP contribution in [0.2, 0.25) is 0 Å². The summed E-state index contributed by atoms with van der Waals surface area (Å²) in [6.45, 7) is 0.0732. The molecule has 0 saturated heterocycles. The molecule has 130 valence electrons. The predicted octanol–water partition coefficient (Wildman–Crippen LogP) is 2.49. The molecule has 0 fully saturated rings. The molecular weight excluding hydrogens is 335 g/mol. The molecule has 1 aromatic heterocycles. The Hall–Kier alpha value is -3.66. The summed E-state index contributed by atoms with van der Waals surface area (Å²) in [5, 5.41) is 10.4. The van der Waals surface area contributed by atoms with E-state index in [0.717, 1.165) is 0 Å². The topological polar surface area (TPSA) is 76.0 Å². The maximum absolute atomic E-state index is 13.6. The van der Waals surface area contributed by atoms with Gasteiger partial charge in [0.15, 0.2) is 0 Å². The van der Waals surface area contributed by atoms with E-state index in [1.165, 1.54) is 22.9 Å². The van der Waals surface area contributed by atoms with Crippen molar-refractivity contribution in [2.45, 2.75) is 13.1 Å². The second-order valence-corrected chi connectivity index (χ2v) is 5.45. The fourth-order valence-electron chi connectivity index (χ4n) is 2.52. The summed E-state index contributed by atoms with van der Waals surface area (Å²) < 4.78 is 14.8. The van der Waals surface area contributed by atoms with E-state index >= 15 is 0 Å². The maximum atomic E-state index is 13.6. The molecule has 0 saturated carbocycles. The summed E-state index contributed by atoms with van der Waals surface area (Å²) in [6, 6.07) is 12.2. The van der Waals surface area contributed by atoms with Crippen LogP contribution in [0, 0.1) is 18.2 Å². The van der Waals surface area contributed by atoms with Crippen LogP contribution in [0.4, 0.5) is 14.9 Å². The Morgan fingerprint density at radius 2 is 1.85 bits per heavy atom. The second kappa shape index (κ2) is 7.49. The molecule has 2 aromatic carbocycles. The number of aromatic nitrogens is 2. The highest BCUT2D eigenvalue weighted by Gasteiger charge is 2.11. The van der Waals surface area contributed by atoms with Crippen LogP contribution < -0.4 is 16.2 Å². The summed E-state index contributed by atoms with van der Waals surface area (Å²) in [5.41, 5.74) is 0.261. The third-order valence-corrected chi connectivity index (χ3v) is 3.72. The SMILES string of the molecule is C#CCn1nc(CNC(=O)Nc2ccccc2F)c2ccccc2c1=O. The van der Waals surface area contributed by atoms with E-state index in [-0.39, 0.29) is 24.3 Å². The van der Waals surface area contributed by atoms with Crippen molar-refractivity contribution in [1.29, 1.82) is 0 Å². The van der Waals surface area contributed by atoms with E-state index in [9.17, 15) is 14.0 Å². The number of anilines is 1. The highest BCUT2D eigenvalue weighted by atomic mass is 19.1. The highest BCUT2D eigenvalue weighted by Crippen LogP contribution is 2.14. The Labute approximate surface area is 148 Å². The van der Waals surface area contributed by atoms with Gasteiger partial charge in [-0.25, -0.2) is 13.9 Å². The molecule has 0 aliphatic carbocycles. The smallest absolute Gasteiger partial charge is 0.319 e. The van der Waals surface area contributed by atoms with E-state index in [1.54, 1.807) is 30.3 Å². The van der Waals surface area contributed by atoms with Crippen molar-refractivity contribution < 1.29 is 9.18 Å². The Bertz CT molecular complexity index is 1070. The Balaban J connectivity index is 1.83. The van der Waals surface area contributed by atoms with Crippen molar-refractivity contribution in [1.82, 2.24) is 15.1 Å². The molecule has 3 aromatic rings. The lowest BCUT2D eigenvalue weighted by Gasteiger charge is -2.11. The van der Waals surface area contributed by atoms with Crippen LogP contribution in [0.15, 0.2) is 53.3 Å². The number of amides is 2. The van der Waals surface area contributed by atoms with Crippen LogP contribution in [0.5, 0.6) is 0 Å². The number of nitrogens with one attached hydrogen (secondary N) is 2. The summed E-state index contributed by atoms with van der Waals surface area (Å²) in [4.78, 5) is 24.4. The van der Waals surface area contributed by atoms with E-state index in [4.69, 9.17) is 6.42 Å². The van der Waals surface area contributed by atoms with E-state index in [0.29, 0.717) is 16.5 Å². The molecule has 6 nitrogen and oxygen atoms in total. The van der Waals surface area contributed by atoms with Crippen molar-refractivity contribution in [2.75, 3.05) is 5.32 Å². The molecule has 3 rings (SSSR count). The van der Waals surface area contributed by atoms with Gasteiger partial charge >= 0.3 is 6.03 Å². The van der Waals surface area contributed by atoms with Crippen molar-refractivity contribution in [2.24, 2.45) is 0 Å². The Morgan fingerprint density at radius 1 is 1.15 bits per heavy atom. The van der Waals surface area contributed by atoms with Gasteiger partial charge in [-0.05, 0) is 18.2 Å². The average Bonchev–Trinajstić information content (AvgIpc) is 2.65. The number of para-hydroxylation sites is 1. The number of carbonyl (C=O) groups is 1. The fourth-order valence-corrected chi connectivity index (χ4v) is 2.52. The number of terminal acetylenes is 1. The van der Waals surface area contributed by atoms with Crippen LogP contribution in [0.1, 0.15) is 5.69 Å². The summed E-state index contributed by atoms with van der Waals surface area (Å²) in [6.07, 6.45) is 5.28. The van der Waals surface area contributed by atoms with E-state index < -0.39 is 11.8 Å². The van der Waals surface area contributed by atoms with Crippen LogP contribution in [-0.4, -0.2) is 15.8 Å². The van der Waals surface area contributed by atoms with Gasteiger partial charge in [-0.1, -0.05) is 36.3 Å². The number of carbonyl (C=O) groups excluding carboxylic acids is 1. The minimum absolute atomic E-state index is 0.0259. The van der Waals surface area contributed by atoms with Crippen LogP contribution in [0.3, 0.4) is 0 Å². The molecule has 26 heavy (non-hydrogen) atoms. The van der Waals surface area contributed by atoms with Gasteiger partial charge in [0.25, 0.3) is 5.56 Å². The quantitative estimate of drug-likeness (QED) is 0.710. The molecule has 0 unspecified atom stereocenters. The molecule has 2 N–H and O–H groups in total. The number of urea groups is 1. The minimum atomic E-state index is -0.587. The second-order valence-electron chi connectivity index (χ2n) is 5.45. The highest BCUT2D eigenvalue weighted by molar-refractivity contribution is 5.90. The zero-order valence-corrected chi connectivity index (χ0v) is 13.7. The number of halogens is 1. The van der Waals surface area contributed by atoms with Gasteiger partial charge in [-0.3, -0.25) is 4.79 Å². The summed E-state index contributed by atoms with van der Waals surface area (Å²) in [5.74, 6) is 1.85. The van der Waals surface area contributed by atoms with E-state index in [2.05, 4.69) is 21.7 Å². The van der Waals surface area contributed by atoms with Crippen molar-refractivity contribution >= 4 is 22.5 Å². The molecule has 1 heterocycles. The summed E-state index contributed by atoms with van der Waals surface area (Å²) >= 11 is 0. The van der Waals surface area contributed by atoms with Crippen molar-refractivity contribution in [3.05, 3.63) is 70.4 Å². The molecule has 0 radical (unpaired) electrons. The first-order valence-corrected chi connectivity index (χ1v) is 7.81. The molecule has 0 spiro atoms. The first-order chi connectivity index (χ1) is 12.6. The van der Waals surface area contributed by atoms with Gasteiger partial charge in [0.2, 0.25) is 0 Å². The van der Waals surface area contributed by atoms with Gasteiger partial charge < -0.3 is 10.6 Å². The first kappa shape index (κ1) is 17.2. The number of fused-ring (bicyclic) bond motifs is 1. The fraction of sp³-hybridized carbons (Fsp3) is 0.105. The van der Waals surface area contributed by atoms with Crippen molar-refractivity contribution in [3.63, 3.8) is 0 Å². The van der Waals surface area contributed by atoms with Gasteiger partial charge in [0, 0.05) is 5.39 Å². The van der Waals surface area contributed by atoms with Gasteiger partial charge in [-0.15, -0.1) is 6.42 Å². The Morgan fingerprint density at radius 3 is 2.58 bits per heavy atom. The van der Waals surface area contributed by atoms with E-state index in [1.807, 2.05) is 0 Å². The monoisotopic (exact) mass is 350 g/mol.